The minimum Gasteiger partial charge on any atom is -0.411 e. The van der Waals surface area contributed by atoms with Gasteiger partial charge in [-0.2, -0.15) is 0 Å². The van der Waals surface area contributed by atoms with Crippen molar-refractivity contribution in [3.63, 3.8) is 0 Å². The van der Waals surface area contributed by atoms with Gasteiger partial charge in [0.25, 0.3) is 0 Å². The van der Waals surface area contributed by atoms with Gasteiger partial charge in [-0.3, -0.25) is 4.79 Å². The highest BCUT2D eigenvalue weighted by molar-refractivity contribution is 6.17. The molecular formula is C14H16N2O2. The average molecular weight is 244 g/mol. The van der Waals surface area contributed by atoms with Gasteiger partial charge < -0.3 is 10.1 Å². The Morgan fingerprint density at radius 3 is 2.50 bits per heavy atom. The Morgan fingerprint density at radius 2 is 2.00 bits per heavy atom. The van der Waals surface area contributed by atoms with Crippen molar-refractivity contribution < 1.29 is 10.0 Å². The third-order valence-electron chi connectivity index (χ3n) is 4.16. The third-order valence-corrected chi connectivity index (χ3v) is 4.16. The molecule has 2 fully saturated rings. The van der Waals surface area contributed by atoms with Crippen LogP contribution in [0, 0.1) is 5.41 Å². The summed E-state index contributed by atoms with van der Waals surface area (Å²) in [5.41, 5.74) is 1.29. The summed E-state index contributed by atoms with van der Waals surface area (Å²) in [6.45, 7) is 2.47. The van der Waals surface area contributed by atoms with E-state index in [2.05, 4.69) is 5.16 Å². The second-order valence-corrected chi connectivity index (χ2v) is 5.15. The molecule has 1 aromatic rings. The molecule has 0 radical (unpaired) electrons. The van der Waals surface area contributed by atoms with Crippen LogP contribution in [0.5, 0.6) is 0 Å². The molecule has 0 unspecified atom stereocenters. The first-order chi connectivity index (χ1) is 8.69. The molecule has 1 saturated heterocycles. The first-order valence-corrected chi connectivity index (χ1v) is 6.26. The number of nitrogens with zero attached hydrogens (tertiary/aromatic N) is 2. The SMILES string of the molecule is C[C@H](c1ccccc1)N1CC(=NO)C2(CC2)C1=O. The van der Waals surface area contributed by atoms with Gasteiger partial charge in [0, 0.05) is 0 Å². The van der Waals surface area contributed by atoms with E-state index in [9.17, 15) is 4.79 Å². The molecule has 1 spiro atoms. The van der Waals surface area contributed by atoms with Crippen molar-refractivity contribution in [1.29, 1.82) is 0 Å². The second-order valence-electron chi connectivity index (χ2n) is 5.15. The van der Waals surface area contributed by atoms with E-state index in [1.807, 2.05) is 42.2 Å². The lowest BCUT2D eigenvalue weighted by molar-refractivity contribution is -0.133. The maximum atomic E-state index is 12.4. The monoisotopic (exact) mass is 244 g/mol. The molecule has 1 heterocycles. The van der Waals surface area contributed by atoms with Gasteiger partial charge in [-0.25, -0.2) is 0 Å². The van der Waals surface area contributed by atoms with Crippen LogP contribution in [0.4, 0.5) is 0 Å². The molecule has 4 heteroatoms. The molecule has 0 bridgehead atoms. The van der Waals surface area contributed by atoms with Gasteiger partial charge in [-0.15, -0.1) is 0 Å². The molecule has 2 aliphatic rings. The summed E-state index contributed by atoms with van der Waals surface area (Å²) >= 11 is 0. The third kappa shape index (κ3) is 1.45. The van der Waals surface area contributed by atoms with Crippen molar-refractivity contribution in [1.82, 2.24) is 4.90 Å². The van der Waals surface area contributed by atoms with Crippen molar-refractivity contribution in [3.8, 4) is 0 Å². The molecule has 1 saturated carbocycles. The van der Waals surface area contributed by atoms with Crippen molar-refractivity contribution in [2.24, 2.45) is 10.6 Å². The summed E-state index contributed by atoms with van der Waals surface area (Å²) < 4.78 is 0. The van der Waals surface area contributed by atoms with Crippen molar-refractivity contribution >= 4 is 11.6 Å². The Hall–Kier alpha value is -1.84. The Morgan fingerprint density at radius 1 is 1.33 bits per heavy atom. The van der Waals surface area contributed by atoms with Crippen LogP contribution in [-0.4, -0.2) is 28.3 Å². The molecular weight excluding hydrogens is 228 g/mol. The lowest BCUT2D eigenvalue weighted by Gasteiger charge is -2.24. The normalized spacial score (nSPS) is 24.8. The molecule has 1 aromatic carbocycles. The summed E-state index contributed by atoms with van der Waals surface area (Å²) in [6, 6.07) is 9.97. The Balaban J connectivity index is 1.89. The molecule has 1 aliphatic carbocycles. The fourth-order valence-corrected chi connectivity index (χ4v) is 2.76. The van der Waals surface area contributed by atoms with Crippen LogP contribution in [0.25, 0.3) is 0 Å². The van der Waals surface area contributed by atoms with Crippen LogP contribution in [-0.2, 0) is 4.79 Å². The number of hydrogen-bond acceptors (Lipinski definition) is 3. The standard InChI is InChI=1S/C14H16N2O2/c1-10(11-5-3-2-4-6-11)16-9-12(15-18)14(7-8-14)13(16)17/h2-6,10,18H,7-9H2,1H3/t10-/m1/s1. The largest absolute Gasteiger partial charge is 0.411 e. The van der Waals surface area contributed by atoms with Crippen molar-refractivity contribution in [2.45, 2.75) is 25.8 Å². The fourth-order valence-electron chi connectivity index (χ4n) is 2.76. The molecule has 1 N–H and O–H groups in total. The Labute approximate surface area is 106 Å². The summed E-state index contributed by atoms with van der Waals surface area (Å²) in [6.07, 6.45) is 1.65. The Kier molecular flexibility index (Phi) is 2.40. The minimum atomic E-state index is -0.461. The summed E-state index contributed by atoms with van der Waals surface area (Å²) in [4.78, 5) is 14.2. The quantitative estimate of drug-likeness (QED) is 0.640. The molecule has 1 atom stereocenters. The zero-order valence-corrected chi connectivity index (χ0v) is 10.3. The van der Waals surface area contributed by atoms with E-state index in [0.29, 0.717) is 12.3 Å². The molecule has 94 valence electrons. The van der Waals surface area contributed by atoms with Gasteiger partial charge in [-0.05, 0) is 25.3 Å². The summed E-state index contributed by atoms with van der Waals surface area (Å²) in [5.74, 6) is 0.117. The van der Waals surface area contributed by atoms with Crippen LogP contribution < -0.4 is 0 Å². The van der Waals surface area contributed by atoms with E-state index >= 15 is 0 Å². The topological polar surface area (TPSA) is 52.9 Å². The van der Waals surface area contributed by atoms with Crippen LogP contribution >= 0.6 is 0 Å². The Bertz CT molecular complexity index is 506. The van der Waals surface area contributed by atoms with E-state index in [1.165, 1.54) is 0 Å². The van der Waals surface area contributed by atoms with Gasteiger partial charge in [-0.1, -0.05) is 35.5 Å². The van der Waals surface area contributed by atoms with E-state index in [1.54, 1.807) is 0 Å². The number of amides is 1. The van der Waals surface area contributed by atoms with Gasteiger partial charge in [0.05, 0.1) is 23.7 Å². The maximum absolute atomic E-state index is 12.4. The highest BCUT2D eigenvalue weighted by atomic mass is 16.4. The number of rotatable bonds is 2. The number of carbonyl (C=O) groups is 1. The number of likely N-dealkylation sites (tertiary alicyclic amines) is 1. The zero-order chi connectivity index (χ0) is 12.8. The first kappa shape index (κ1) is 11.3. The lowest BCUT2D eigenvalue weighted by atomic mass is 10.0. The van der Waals surface area contributed by atoms with E-state index in [0.717, 1.165) is 18.4 Å². The number of oxime groups is 1. The molecule has 1 amide bonds. The maximum Gasteiger partial charge on any atom is 0.235 e. The minimum absolute atomic E-state index is 0.0235. The van der Waals surface area contributed by atoms with Crippen LogP contribution in [0.2, 0.25) is 0 Å². The van der Waals surface area contributed by atoms with E-state index in [4.69, 9.17) is 5.21 Å². The van der Waals surface area contributed by atoms with Crippen LogP contribution in [0.15, 0.2) is 35.5 Å². The van der Waals surface area contributed by atoms with E-state index in [-0.39, 0.29) is 11.9 Å². The molecule has 1 aliphatic heterocycles. The zero-order valence-electron chi connectivity index (χ0n) is 10.3. The van der Waals surface area contributed by atoms with Gasteiger partial charge in [0.2, 0.25) is 5.91 Å². The highest BCUT2D eigenvalue weighted by Crippen LogP contribution is 2.53. The second kappa shape index (κ2) is 3.83. The smallest absolute Gasteiger partial charge is 0.235 e. The number of carbonyl (C=O) groups excluding carboxylic acids is 1. The van der Waals surface area contributed by atoms with Crippen LogP contribution in [0.1, 0.15) is 31.4 Å². The van der Waals surface area contributed by atoms with E-state index < -0.39 is 5.41 Å². The lowest BCUT2D eigenvalue weighted by Crippen LogP contribution is -2.30. The fraction of sp³-hybridized carbons (Fsp3) is 0.429. The predicted molar refractivity (Wildman–Crippen MR) is 67.5 cm³/mol. The van der Waals surface area contributed by atoms with Gasteiger partial charge in [0.1, 0.15) is 0 Å². The van der Waals surface area contributed by atoms with Crippen LogP contribution in [0.3, 0.4) is 0 Å². The molecule has 3 rings (SSSR count). The van der Waals surface area contributed by atoms with Crippen molar-refractivity contribution in [3.05, 3.63) is 35.9 Å². The first-order valence-electron chi connectivity index (χ1n) is 6.26. The number of hydrogen-bond donors (Lipinski definition) is 1. The summed E-state index contributed by atoms with van der Waals surface area (Å²) in [7, 11) is 0. The molecule has 4 nitrogen and oxygen atoms in total. The summed E-state index contributed by atoms with van der Waals surface area (Å²) in [5, 5.41) is 12.4. The predicted octanol–water partition coefficient (Wildman–Crippen LogP) is 2.20. The van der Waals surface area contributed by atoms with Gasteiger partial charge in [0.15, 0.2) is 0 Å². The molecule has 18 heavy (non-hydrogen) atoms. The van der Waals surface area contributed by atoms with Crippen molar-refractivity contribution in [2.75, 3.05) is 6.54 Å². The average Bonchev–Trinajstić information content (AvgIpc) is 3.16. The molecule has 0 aromatic heterocycles. The highest BCUT2D eigenvalue weighted by Gasteiger charge is 2.61. The van der Waals surface area contributed by atoms with Gasteiger partial charge >= 0.3 is 0 Å². The number of benzene rings is 1.